The summed E-state index contributed by atoms with van der Waals surface area (Å²) in [6.45, 7) is 16.7. The summed E-state index contributed by atoms with van der Waals surface area (Å²) < 4.78 is 16.2. The summed E-state index contributed by atoms with van der Waals surface area (Å²) in [5.41, 5.74) is 0.333. The highest BCUT2D eigenvalue weighted by Gasteiger charge is 2.29. The molecule has 8 heteroatoms. The zero-order chi connectivity index (χ0) is 18.1. The van der Waals surface area contributed by atoms with Crippen molar-refractivity contribution in [3.63, 3.8) is 0 Å². The van der Waals surface area contributed by atoms with Crippen LogP contribution in [0.3, 0.4) is 0 Å². The van der Waals surface area contributed by atoms with Crippen molar-refractivity contribution in [1.82, 2.24) is 5.32 Å². The Morgan fingerprint density at radius 2 is 1.65 bits per heavy atom. The van der Waals surface area contributed by atoms with Crippen molar-refractivity contribution >= 4 is 28.7 Å². The Hall–Kier alpha value is -1.13. The lowest BCUT2D eigenvalue weighted by Gasteiger charge is -2.31. The van der Waals surface area contributed by atoms with Gasteiger partial charge in [0.2, 0.25) is 0 Å². The maximum absolute atomic E-state index is 11.5. The van der Waals surface area contributed by atoms with Crippen LogP contribution in [0.15, 0.2) is 12.2 Å². The standard InChI is InChI=1S/C15H31NO5Si2/c1-13(2)14(17)19-11-9-16-15(18)20-10-8-12-23(6,7)21-22(3,4)5/h1,8-12H2,2-7H3,(H,16,18). The molecule has 0 rings (SSSR count). The fourth-order valence-electron chi connectivity index (χ4n) is 2.01. The van der Waals surface area contributed by atoms with E-state index in [9.17, 15) is 9.59 Å². The van der Waals surface area contributed by atoms with Crippen molar-refractivity contribution in [2.24, 2.45) is 0 Å². The molecule has 23 heavy (non-hydrogen) atoms. The molecule has 0 bridgehead atoms. The van der Waals surface area contributed by atoms with Crippen LogP contribution in [0.4, 0.5) is 4.79 Å². The summed E-state index contributed by atoms with van der Waals surface area (Å²) in [4.78, 5) is 22.6. The maximum Gasteiger partial charge on any atom is 0.407 e. The summed E-state index contributed by atoms with van der Waals surface area (Å²) in [6.07, 6.45) is 0.295. The monoisotopic (exact) mass is 361 g/mol. The largest absolute Gasteiger partial charge is 0.460 e. The van der Waals surface area contributed by atoms with Gasteiger partial charge >= 0.3 is 12.1 Å². The zero-order valence-corrected chi connectivity index (χ0v) is 17.3. The van der Waals surface area contributed by atoms with Gasteiger partial charge in [0.25, 0.3) is 0 Å². The average Bonchev–Trinajstić information content (AvgIpc) is 2.36. The van der Waals surface area contributed by atoms with Gasteiger partial charge in [-0.15, -0.1) is 0 Å². The molecule has 0 aliphatic rings. The molecule has 0 heterocycles. The smallest absolute Gasteiger partial charge is 0.407 e. The van der Waals surface area contributed by atoms with Gasteiger partial charge in [-0.3, -0.25) is 0 Å². The first-order valence-corrected chi connectivity index (χ1v) is 14.4. The van der Waals surface area contributed by atoms with Gasteiger partial charge in [0, 0.05) is 5.57 Å². The van der Waals surface area contributed by atoms with Gasteiger partial charge in [-0.1, -0.05) is 6.58 Å². The molecule has 0 aromatic heterocycles. The molecule has 134 valence electrons. The van der Waals surface area contributed by atoms with Gasteiger partial charge in [0.1, 0.15) is 6.61 Å². The van der Waals surface area contributed by atoms with Gasteiger partial charge < -0.3 is 18.9 Å². The summed E-state index contributed by atoms with van der Waals surface area (Å²) in [6, 6.07) is 0.959. The Kier molecular flexibility index (Phi) is 9.40. The molecule has 0 radical (unpaired) electrons. The van der Waals surface area contributed by atoms with Crippen molar-refractivity contribution in [2.75, 3.05) is 19.8 Å². The summed E-state index contributed by atoms with van der Waals surface area (Å²) in [5, 5.41) is 2.53. The van der Waals surface area contributed by atoms with E-state index in [2.05, 4.69) is 44.6 Å². The van der Waals surface area contributed by atoms with Crippen LogP contribution in [0.1, 0.15) is 13.3 Å². The molecule has 0 fully saturated rings. The van der Waals surface area contributed by atoms with Crippen LogP contribution < -0.4 is 5.32 Å². The molecule has 6 nitrogen and oxygen atoms in total. The zero-order valence-electron chi connectivity index (χ0n) is 15.3. The van der Waals surface area contributed by atoms with E-state index in [1.54, 1.807) is 6.92 Å². The first kappa shape index (κ1) is 21.9. The minimum Gasteiger partial charge on any atom is -0.460 e. The highest BCUT2D eigenvalue weighted by atomic mass is 28.4. The molecule has 0 unspecified atom stereocenters. The van der Waals surface area contributed by atoms with Crippen LogP contribution in [0.25, 0.3) is 0 Å². The van der Waals surface area contributed by atoms with E-state index in [0.717, 1.165) is 12.5 Å². The molecule has 0 aliphatic carbocycles. The third-order valence-electron chi connectivity index (χ3n) is 2.69. The van der Waals surface area contributed by atoms with Gasteiger partial charge in [-0.05, 0) is 52.1 Å². The maximum atomic E-state index is 11.5. The van der Waals surface area contributed by atoms with Gasteiger partial charge in [-0.25, -0.2) is 9.59 Å². The van der Waals surface area contributed by atoms with E-state index in [0.29, 0.717) is 12.2 Å². The second-order valence-electron chi connectivity index (χ2n) is 7.06. The van der Waals surface area contributed by atoms with E-state index in [1.165, 1.54) is 0 Å². The molecule has 0 atom stereocenters. The molecule has 1 N–H and O–H groups in total. The van der Waals surface area contributed by atoms with Crippen LogP contribution in [0.5, 0.6) is 0 Å². The fourth-order valence-corrected chi connectivity index (χ4v) is 10.0. The molecule has 0 spiro atoms. The number of alkyl carbamates (subject to hydrolysis) is 1. The van der Waals surface area contributed by atoms with Crippen molar-refractivity contribution in [3.05, 3.63) is 12.2 Å². The number of rotatable bonds is 10. The number of amides is 1. The fraction of sp³-hybridized carbons (Fsp3) is 0.733. The van der Waals surface area contributed by atoms with Gasteiger partial charge in [0.15, 0.2) is 16.6 Å². The second kappa shape index (κ2) is 9.89. The van der Waals surface area contributed by atoms with Crippen molar-refractivity contribution < 1.29 is 23.2 Å². The Bertz CT molecular complexity index is 419. The molecule has 0 aromatic carbocycles. The number of hydrogen-bond acceptors (Lipinski definition) is 5. The van der Waals surface area contributed by atoms with Crippen LogP contribution in [-0.4, -0.2) is 48.5 Å². The lowest BCUT2D eigenvalue weighted by molar-refractivity contribution is -0.138. The molecule has 1 amide bonds. The summed E-state index contributed by atoms with van der Waals surface area (Å²) in [5.74, 6) is -0.463. The highest BCUT2D eigenvalue weighted by Crippen LogP contribution is 2.19. The number of nitrogens with one attached hydrogen (secondary N) is 1. The van der Waals surface area contributed by atoms with E-state index in [-0.39, 0.29) is 13.2 Å². The minimum absolute atomic E-state index is 0.102. The predicted molar refractivity (Wildman–Crippen MR) is 96.5 cm³/mol. The third kappa shape index (κ3) is 13.0. The Morgan fingerprint density at radius 1 is 1.04 bits per heavy atom. The van der Waals surface area contributed by atoms with E-state index in [1.807, 2.05) is 0 Å². The van der Waals surface area contributed by atoms with Gasteiger partial charge in [-0.2, -0.15) is 0 Å². The van der Waals surface area contributed by atoms with E-state index in [4.69, 9.17) is 13.6 Å². The first-order chi connectivity index (χ1) is 10.4. The molecular weight excluding hydrogens is 330 g/mol. The van der Waals surface area contributed by atoms with Crippen LogP contribution in [0, 0.1) is 0 Å². The van der Waals surface area contributed by atoms with Gasteiger partial charge in [0.05, 0.1) is 13.2 Å². The van der Waals surface area contributed by atoms with E-state index >= 15 is 0 Å². The number of hydrogen-bond donors (Lipinski definition) is 1. The summed E-state index contributed by atoms with van der Waals surface area (Å²) >= 11 is 0. The highest BCUT2D eigenvalue weighted by molar-refractivity contribution is 6.84. The Labute approximate surface area is 141 Å². The first-order valence-electron chi connectivity index (χ1n) is 7.86. The molecule has 0 saturated heterocycles. The average molecular weight is 362 g/mol. The van der Waals surface area contributed by atoms with Crippen LogP contribution >= 0.6 is 0 Å². The molecular formula is C15H31NO5Si2. The number of ether oxygens (including phenoxy) is 2. The molecule has 0 aromatic rings. The Morgan fingerprint density at radius 3 is 2.17 bits per heavy atom. The lowest BCUT2D eigenvalue weighted by atomic mass is 10.4. The SMILES string of the molecule is C=C(C)C(=O)OCCNC(=O)OCCC[Si](C)(C)O[Si](C)(C)C. The molecule has 0 saturated carbocycles. The summed E-state index contributed by atoms with van der Waals surface area (Å²) in [7, 11) is -3.20. The normalized spacial score (nSPS) is 11.7. The molecule has 0 aliphatic heterocycles. The number of esters is 1. The minimum atomic E-state index is -1.68. The predicted octanol–water partition coefficient (Wildman–Crippen LogP) is 3.28. The van der Waals surface area contributed by atoms with Crippen molar-refractivity contribution in [1.29, 1.82) is 0 Å². The third-order valence-corrected chi connectivity index (χ3v) is 8.91. The lowest BCUT2D eigenvalue weighted by Crippen LogP contribution is -2.42. The topological polar surface area (TPSA) is 73.9 Å². The van der Waals surface area contributed by atoms with Crippen LogP contribution in [0.2, 0.25) is 38.8 Å². The van der Waals surface area contributed by atoms with Crippen molar-refractivity contribution in [3.8, 4) is 0 Å². The Balaban J connectivity index is 3.75. The number of carbonyl (C=O) groups is 2. The quantitative estimate of drug-likeness (QED) is 0.280. The van der Waals surface area contributed by atoms with Crippen LogP contribution in [-0.2, 0) is 18.4 Å². The van der Waals surface area contributed by atoms with Crippen molar-refractivity contribution in [2.45, 2.75) is 52.1 Å². The second-order valence-corrected chi connectivity index (χ2v) is 16.1. The van der Waals surface area contributed by atoms with E-state index < -0.39 is 28.7 Å². The number of carbonyl (C=O) groups excluding carboxylic acids is 2.